The summed E-state index contributed by atoms with van der Waals surface area (Å²) in [5.74, 6) is 0.690. The molecule has 0 amide bonds. The van der Waals surface area contributed by atoms with Crippen LogP contribution in [0.5, 0.6) is 0 Å². The van der Waals surface area contributed by atoms with Gasteiger partial charge in [-0.05, 0) is 84.0 Å². The number of nitrogens with one attached hydrogen (secondary N) is 2. The van der Waals surface area contributed by atoms with Crippen molar-refractivity contribution in [3.8, 4) is 11.1 Å². The molecule has 11 heteroatoms. The normalized spacial score (nSPS) is 17.9. The van der Waals surface area contributed by atoms with E-state index in [0.29, 0.717) is 34.8 Å². The van der Waals surface area contributed by atoms with Crippen molar-refractivity contribution in [1.82, 2.24) is 24.4 Å². The van der Waals surface area contributed by atoms with E-state index in [0.717, 1.165) is 31.1 Å². The predicted octanol–water partition coefficient (Wildman–Crippen LogP) is 4.52. The van der Waals surface area contributed by atoms with Crippen LogP contribution in [-0.2, 0) is 10.0 Å². The van der Waals surface area contributed by atoms with Gasteiger partial charge in [0.25, 0.3) is 15.6 Å². The number of sulfonamides is 1. The highest BCUT2D eigenvalue weighted by molar-refractivity contribution is 7.92. The van der Waals surface area contributed by atoms with Crippen LogP contribution in [0.4, 0.5) is 11.8 Å². The van der Waals surface area contributed by atoms with Crippen molar-refractivity contribution in [2.24, 2.45) is 0 Å². The minimum absolute atomic E-state index is 0.141. The van der Waals surface area contributed by atoms with Crippen LogP contribution >= 0.6 is 0 Å². The summed E-state index contributed by atoms with van der Waals surface area (Å²) < 4.78 is 29.4. The van der Waals surface area contributed by atoms with Crippen LogP contribution in [0, 0.1) is 0 Å². The Hall–Kier alpha value is -3.83. The van der Waals surface area contributed by atoms with Crippen molar-refractivity contribution in [2.45, 2.75) is 62.6 Å². The standard InChI is InChI=1S/C29H35N7O3S/c1-19(2)36-27-21(18-31-29(33-27)32-22-11-13-23(14-12-22)35(3)4)16-25(28(36)37)20-10-15-26(30-17-20)34-40(38,39)24-8-6-5-7-9-24/h5-10,15-19,22-23H,11-14H2,1-4H3,(H,30,34)(H,31,32,33). The lowest BCUT2D eigenvalue weighted by Crippen LogP contribution is -2.36. The van der Waals surface area contributed by atoms with E-state index in [9.17, 15) is 13.2 Å². The van der Waals surface area contributed by atoms with Crippen LogP contribution in [0.2, 0.25) is 0 Å². The molecule has 40 heavy (non-hydrogen) atoms. The zero-order chi connectivity index (χ0) is 28.4. The average Bonchev–Trinajstić information content (AvgIpc) is 2.93. The molecule has 0 spiro atoms. The van der Waals surface area contributed by atoms with Crippen LogP contribution in [-0.4, -0.2) is 59.0 Å². The molecule has 0 saturated heterocycles. The molecule has 10 nitrogen and oxygen atoms in total. The fraction of sp³-hybridized carbons (Fsp3) is 0.379. The van der Waals surface area contributed by atoms with Gasteiger partial charge in [-0.25, -0.2) is 18.4 Å². The fourth-order valence-corrected chi connectivity index (χ4v) is 6.23. The first-order valence-electron chi connectivity index (χ1n) is 13.5. The van der Waals surface area contributed by atoms with Crippen molar-refractivity contribution in [3.63, 3.8) is 0 Å². The highest BCUT2D eigenvalue weighted by atomic mass is 32.2. The molecule has 3 heterocycles. The molecule has 1 aliphatic carbocycles. The Morgan fingerprint density at radius 1 is 0.975 bits per heavy atom. The van der Waals surface area contributed by atoms with E-state index < -0.39 is 10.0 Å². The molecule has 0 unspecified atom stereocenters. The maximum absolute atomic E-state index is 13.7. The minimum atomic E-state index is -3.77. The van der Waals surface area contributed by atoms with Gasteiger partial charge in [-0.2, -0.15) is 4.98 Å². The number of hydrogen-bond acceptors (Lipinski definition) is 8. The van der Waals surface area contributed by atoms with Gasteiger partial charge in [0.1, 0.15) is 11.5 Å². The van der Waals surface area contributed by atoms with Crippen molar-refractivity contribution in [2.75, 3.05) is 24.1 Å². The van der Waals surface area contributed by atoms with Gasteiger partial charge in [0.15, 0.2) is 0 Å². The lowest BCUT2D eigenvalue weighted by Gasteiger charge is -2.33. The van der Waals surface area contributed by atoms with Gasteiger partial charge < -0.3 is 10.2 Å². The first-order valence-corrected chi connectivity index (χ1v) is 15.0. The number of fused-ring (bicyclic) bond motifs is 1. The Morgan fingerprint density at radius 3 is 2.33 bits per heavy atom. The molecule has 5 rings (SSSR count). The molecule has 0 radical (unpaired) electrons. The summed E-state index contributed by atoms with van der Waals surface area (Å²) in [5, 5.41) is 4.21. The van der Waals surface area contributed by atoms with E-state index in [-0.39, 0.29) is 22.3 Å². The number of aromatic nitrogens is 4. The summed E-state index contributed by atoms with van der Waals surface area (Å²) in [6.07, 6.45) is 7.58. The zero-order valence-corrected chi connectivity index (χ0v) is 24.0. The third kappa shape index (κ3) is 5.85. The lowest BCUT2D eigenvalue weighted by molar-refractivity contribution is 0.221. The van der Waals surface area contributed by atoms with Crippen LogP contribution in [0.3, 0.4) is 0 Å². The molecule has 0 atom stereocenters. The number of pyridine rings is 2. The topological polar surface area (TPSA) is 122 Å². The fourth-order valence-electron chi connectivity index (χ4n) is 5.20. The third-order valence-corrected chi connectivity index (χ3v) is 8.79. The third-order valence-electron chi connectivity index (χ3n) is 7.42. The van der Waals surface area contributed by atoms with E-state index >= 15 is 0 Å². The molecular formula is C29H35N7O3S. The Labute approximate surface area is 234 Å². The molecule has 1 fully saturated rings. The van der Waals surface area contributed by atoms with Gasteiger partial charge in [0.05, 0.1) is 4.90 Å². The second kappa shape index (κ2) is 11.3. The van der Waals surface area contributed by atoms with E-state index in [4.69, 9.17) is 4.98 Å². The van der Waals surface area contributed by atoms with Crippen LogP contribution in [0.25, 0.3) is 22.2 Å². The number of hydrogen-bond donors (Lipinski definition) is 2. The van der Waals surface area contributed by atoms with E-state index in [1.54, 1.807) is 47.2 Å². The maximum atomic E-state index is 13.7. The van der Waals surface area contributed by atoms with E-state index in [1.807, 2.05) is 13.8 Å². The summed E-state index contributed by atoms with van der Waals surface area (Å²) in [7, 11) is 0.484. The molecule has 2 N–H and O–H groups in total. The van der Waals surface area contributed by atoms with Crippen molar-refractivity contribution in [3.05, 3.63) is 71.3 Å². The van der Waals surface area contributed by atoms with Crippen molar-refractivity contribution >= 4 is 32.8 Å². The molecule has 4 aromatic rings. The van der Waals surface area contributed by atoms with Crippen LogP contribution in [0.1, 0.15) is 45.6 Å². The Bertz CT molecular complexity index is 1650. The molecule has 210 valence electrons. The van der Waals surface area contributed by atoms with E-state index in [1.165, 1.54) is 18.3 Å². The molecule has 1 aromatic carbocycles. The SMILES string of the molecule is CC(C)n1c(=O)c(-c2ccc(NS(=O)(=O)c3ccccc3)nc2)cc2cnc(NC3CCC(N(C)C)CC3)nc21. The van der Waals surface area contributed by atoms with Crippen molar-refractivity contribution < 1.29 is 8.42 Å². The first-order chi connectivity index (χ1) is 19.1. The number of anilines is 2. The van der Waals surface area contributed by atoms with Gasteiger partial charge in [0, 0.05) is 47.0 Å². The highest BCUT2D eigenvalue weighted by Gasteiger charge is 2.23. The summed E-state index contributed by atoms with van der Waals surface area (Å²) in [6.45, 7) is 3.89. The number of benzene rings is 1. The Morgan fingerprint density at radius 2 is 1.70 bits per heavy atom. The first kappa shape index (κ1) is 27.7. The second-order valence-corrected chi connectivity index (χ2v) is 12.4. The monoisotopic (exact) mass is 561 g/mol. The largest absolute Gasteiger partial charge is 0.351 e. The Balaban J connectivity index is 1.41. The molecule has 0 aliphatic heterocycles. The number of nitrogens with zero attached hydrogens (tertiary/aromatic N) is 5. The average molecular weight is 562 g/mol. The van der Waals surface area contributed by atoms with Crippen molar-refractivity contribution in [1.29, 1.82) is 0 Å². The van der Waals surface area contributed by atoms with Gasteiger partial charge in [-0.3, -0.25) is 14.1 Å². The lowest BCUT2D eigenvalue weighted by atomic mass is 9.91. The second-order valence-electron chi connectivity index (χ2n) is 10.8. The molecule has 1 aliphatic rings. The summed E-state index contributed by atoms with van der Waals surface area (Å²) in [4.78, 5) is 29.7. The summed E-state index contributed by atoms with van der Waals surface area (Å²) >= 11 is 0. The van der Waals surface area contributed by atoms with Crippen LogP contribution in [0.15, 0.2) is 70.6 Å². The quantitative estimate of drug-likeness (QED) is 0.322. The minimum Gasteiger partial charge on any atom is -0.351 e. The summed E-state index contributed by atoms with van der Waals surface area (Å²) in [5.41, 5.74) is 1.39. The van der Waals surface area contributed by atoms with Crippen LogP contribution < -0.4 is 15.6 Å². The molecule has 3 aromatic heterocycles. The Kier molecular flexibility index (Phi) is 7.86. The number of rotatable bonds is 8. The molecule has 1 saturated carbocycles. The maximum Gasteiger partial charge on any atom is 0.263 e. The summed E-state index contributed by atoms with van der Waals surface area (Å²) in [6, 6.07) is 13.9. The van der Waals surface area contributed by atoms with Gasteiger partial charge in [-0.1, -0.05) is 18.2 Å². The van der Waals surface area contributed by atoms with Gasteiger partial charge >= 0.3 is 0 Å². The smallest absolute Gasteiger partial charge is 0.263 e. The predicted molar refractivity (Wildman–Crippen MR) is 158 cm³/mol. The molecule has 0 bridgehead atoms. The van der Waals surface area contributed by atoms with E-state index in [2.05, 4.69) is 39.0 Å². The van der Waals surface area contributed by atoms with Gasteiger partial charge in [-0.15, -0.1) is 0 Å². The highest BCUT2D eigenvalue weighted by Crippen LogP contribution is 2.26. The van der Waals surface area contributed by atoms with Gasteiger partial charge in [0.2, 0.25) is 5.95 Å². The molecular weight excluding hydrogens is 526 g/mol. The zero-order valence-electron chi connectivity index (χ0n) is 23.2.